The van der Waals surface area contributed by atoms with Crippen LogP contribution in [0.5, 0.6) is 0 Å². The number of primary amides is 1. The normalized spacial score (nSPS) is 11.6. The number of aryl methyl sites for hydroxylation is 1. The number of carbonyl (C=O) groups is 3. The summed E-state index contributed by atoms with van der Waals surface area (Å²) >= 11 is 0. The quantitative estimate of drug-likeness (QED) is 0.191. The maximum absolute atomic E-state index is 15.1. The molecular weight excluding hydrogens is 545 g/mol. The Morgan fingerprint density at radius 3 is 2.36 bits per heavy atom. The SMILES string of the molecule is Cc1ccc(-c2ccc(C(=O)NC(Cc3ccc(-c4noc(-c5ccc(NC(=O)O)cc5)n4)c(F)c3)C(N)=O)o2)cc1. The minimum Gasteiger partial charge on any atom is -0.465 e. The molecular formula is C30H24FN5O6. The smallest absolute Gasteiger partial charge is 0.409 e. The summed E-state index contributed by atoms with van der Waals surface area (Å²) in [4.78, 5) is 39.9. The Morgan fingerprint density at radius 1 is 0.976 bits per heavy atom. The molecule has 0 saturated heterocycles. The first kappa shape index (κ1) is 27.8. The van der Waals surface area contributed by atoms with Crippen LogP contribution in [0.1, 0.15) is 21.7 Å². The van der Waals surface area contributed by atoms with E-state index in [-0.39, 0.29) is 29.5 Å². The van der Waals surface area contributed by atoms with Crippen molar-refractivity contribution in [1.82, 2.24) is 15.5 Å². The van der Waals surface area contributed by atoms with Gasteiger partial charge in [0.1, 0.15) is 17.6 Å². The molecule has 12 heteroatoms. The highest BCUT2D eigenvalue weighted by atomic mass is 19.1. The average Bonchev–Trinajstić information content (AvgIpc) is 3.64. The van der Waals surface area contributed by atoms with Crippen molar-refractivity contribution in [3.63, 3.8) is 0 Å². The number of carboxylic acid groups (broad SMARTS) is 1. The number of rotatable bonds is 9. The van der Waals surface area contributed by atoms with Gasteiger partial charge in [-0.15, -0.1) is 0 Å². The lowest BCUT2D eigenvalue weighted by molar-refractivity contribution is -0.119. The Hall–Kier alpha value is -5.78. The van der Waals surface area contributed by atoms with Crippen molar-refractivity contribution in [2.75, 3.05) is 5.32 Å². The van der Waals surface area contributed by atoms with Crippen LogP contribution in [-0.4, -0.2) is 39.2 Å². The van der Waals surface area contributed by atoms with Crippen LogP contribution in [0.25, 0.3) is 34.2 Å². The van der Waals surface area contributed by atoms with Gasteiger partial charge in [-0.2, -0.15) is 4.98 Å². The number of hydrogen-bond acceptors (Lipinski definition) is 7. The fraction of sp³-hybridized carbons (Fsp3) is 0.100. The standard InChI is InChI=1S/C30H24FN5O6/c1-16-2-5-18(6-3-16)24-12-13-25(41-24)28(38)34-23(26(32)37)15-17-4-11-21(22(31)14-17)27-35-29(42-36-27)19-7-9-20(10-8-19)33-30(39)40/h2-14,23,33H,15H2,1H3,(H2,32,37)(H,34,38)(H,39,40). The van der Waals surface area contributed by atoms with Crippen LogP contribution in [0.4, 0.5) is 14.9 Å². The second kappa shape index (κ2) is 11.8. The lowest BCUT2D eigenvalue weighted by Gasteiger charge is -2.15. The highest BCUT2D eigenvalue weighted by Gasteiger charge is 2.23. The zero-order chi connectivity index (χ0) is 29.8. The number of amides is 3. The third-order valence-corrected chi connectivity index (χ3v) is 6.34. The molecule has 5 N–H and O–H groups in total. The second-order valence-electron chi connectivity index (χ2n) is 9.41. The predicted molar refractivity (Wildman–Crippen MR) is 150 cm³/mol. The van der Waals surface area contributed by atoms with E-state index in [9.17, 15) is 14.4 Å². The molecule has 0 bridgehead atoms. The van der Waals surface area contributed by atoms with Gasteiger partial charge >= 0.3 is 6.09 Å². The van der Waals surface area contributed by atoms with Gasteiger partial charge in [-0.25, -0.2) is 9.18 Å². The van der Waals surface area contributed by atoms with Crippen LogP contribution in [0.2, 0.25) is 0 Å². The number of aromatic nitrogens is 2. The van der Waals surface area contributed by atoms with E-state index < -0.39 is 29.8 Å². The van der Waals surface area contributed by atoms with Crippen LogP contribution >= 0.6 is 0 Å². The predicted octanol–water partition coefficient (Wildman–Crippen LogP) is 5.03. The number of nitrogens with two attached hydrogens (primary N) is 1. The first-order valence-electron chi connectivity index (χ1n) is 12.7. The highest BCUT2D eigenvalue weighted by molar-refractivity contribution is 5.95. The number of nitrogens with one attached hydrogen (secondary N) is 2. The summed E-state index contributed by atoms with van der Waals surface area (Å²) in [6.07, 6.45) is -1.27. The second-order valence-corrected chi connectivity index (χ2v) is 9.41. The molecule has 212 valence electrons. The molecule has 2 aromatic heterocycles. The molecule has 0 aliphatic carbocycles. The van der Waals surface area contributed by atoms with Gasteiger partial charge in [-0.1, -0.05) is 41.1 Å². The number of benzene rings is 3. The first-order chi connectivity index (χ1) is 20.2. The van der Waals surface area contributed by atoms with Crippen LogP contribution in [-0.2, 0) is 11.2 Å². The summed E-state index contributed by atoms with van der Waals surface area (Å²) in [5.74, 6) is -1.53. The number of halogens is 1. The third-order valence-electron chi connectivity index (χ3n) is 6.34. The van der Waals surface area contributed by atoms with E-state index in [4.69, 9.17) is 19.8 Å². The molecule has 0 saturated carbocycles. The maximum atomic E-state index is 15.1. The Bertz CT molecular complexity index is 1760. The minimum absolute atomic E-state index is 0.000877. The maximum Gasteiger partial charge on any atom is 0.409 e. The fourth-order valence-corrected chi connectivity index (χ4v) is 4.16. The van der Waals surface area contributed by atoms with Gasteiger partial charge < -0.3 is 25.1 Å². The van der Waals surface area contributed by atoms with Crippen molar-refractivity contribution in [3.8, 4) is 34.2 Å². The first-order valence-corrected chi connectivity index (χ1v) is 12.7. The Balaban J connectivity index is 1.26. The molecule has 0 aliphatic heterocycles. The average molecular weight is 570 g/mol. The van der Waals surface area contributed by atoms with Crippen LogP contribution in [0, 0.1) is 12.7 Å². The van der Waals surface area contributed by atoms with Crippen molar-refractivity contribution < 1.29 is 32.8 Å². The highest BCUT2D eigenvalue weighted by Crippen LogP contribution is 2.26. The Labute approximate surface area is 238 Å². The molecule has 5 rings (SSSR count). The molecule has 3 amide bonds. The van der Waals surface area contributed by atoms with E-state index in [0.717, 1.165) is 11.1 Å². The zero-order valence-corrected chi connectivity index (χ0v) is 22.1. The lowest BCUT2D eigenvalue weighted by Crippen LogP contribution is -2.45. The molecule has 5 aromatic rings. The van der Waals surface area contributed by atoms with Gasteiger partial charge in [0.2, 0.25) is 11.7 Å². The Kier molecular flexibility index (Phi) is 7.78. The van der Waals surface area contributed by atoms with Gasteiger partial charge in [0, 0.05) is 23.2 Å². The topological polar surface area (TPSA) is 174 Å². The van der Waals surface area contributed by atoms with Crippen molar-refractivity contribution in [2.24, 2.45) is 5.73 Å². The van der Waals surface area contributed by atoms with E-state index in [1.54, 1.807) is 24.3 Å². The zero-order valence-electron chi connectivity index (χ0n) is 22.1. The largest absolute Gasteiger partial charge is 0.465 e. The lowest BCUT2D eigenvalue weighted by atomic mass is 10.0. The number of hydrogen-bond donors (Lipinski definition) is 4. The molecule has 1 atom stereocenters. The number of carbonyl (C=O) groups excluding carboxylic acids is 2. The third kappa shape index (κ3) is 6.33. The van der Waals surface area contributed by atoms with Crippen molar-refractivity contribution in [3.05, 3.63) is 102 Å². The summed E-state index contributed by atoms with van der Waals surface area (Å²) in [5.41, 5.74) is 8.71. The van der Waals surface area contributed by atoms with E-state index in [2.05, 4.69) is 20.8 Å². The molecule has 42 heavy (non-hydrogen) atoms. The molecule has 0 radical (unpaired) electrons. The van der Waals surface area contributed by atoms with Crippen molar-refractivity contribution >= 4 is 23.6 Å². The van der Waals surface area contributed by atoms with E-state index in [0.29, 0.717) is 22.6 Å². The molecule has 0 spiro atoms. The molecule has 3 aromatic carbocycles. The monoisotopic (exact) mass is 569 g/mol. The molecule has 11 nitrogen and oxygen atoms in total. The van der Waals surface area contributed by atoms with Crippen LogP contribution < -0.4 is 16.4 Å². The van der Waals surface area contributed by atoms with Gasteiger partial charge in [-0.3, -0.25) is 14.9 Å². The van der Waals surface area contributed by atoms with Crippen LogP contribution in [0.15, 0.2) is 87.8 Å². The summed E-state index contributed by atoms with van der Waals surface area (Å²) in [7, 11) is 0. The number of nitrogens with zero attached hydrogens (tertiary/aromatic N) is 2. The summed E-state index contributed by atoms with van der Waals surface area (Å²) in [6, 6.07) is 20.0. The van der Waals surface area contributed by atoms with Gasteiger partial charge in [-0.05, 0) is 61.0 Å². The van der Waals surface area contributed by atoms with Crippen molar-refractivity contribution in [2.45, 2.75) is 19.4 Å². The summed E-state index contributed by atoms with van der Waals surface area (Å²) in [5, 5.41) is 17.4. The summed E-state index contributed by atoms with van der Waals surface area (Å²) in [6.45, 7) is 1.96. The summed E-state index contributed by atoms with van der Waals surface area (Å²) < 4.78 is 26.0. The van der Waals surface area contributed by atoms with E-state index in [1.807, 2.05) is 31.2 Å². The molecule has 0 aliphatic rings. The van der Waals surface area contributed by atoms with Gasteiger partial charge in [0.15, 0.2) is 5.76 Å². The van der Waals surface area contributed by atoms with E-state index in [1.165, 1.54) is 30.3 Å². The Morgan fingerprint density at radius 2 is 1.69 bits per heavy atom. The van der Waals surface area contributed by atoms with Crippen LogP contribution in [0.3, 0.4) is 0 Å². The fourth-order valence-electron chi connectivity index (χ4n) is 4.16. The molecule has 0 fully saturated rings. The molecule has 2 heterocycles. The van der Waals surface area contributed by atoms with Gasteiger partial charge in [0.25, 0.3) is 11.8 Å². The van der Waals surface area contributed by atoms with E-state index >= 15 is 4.39 Å². The number of anilines is 1. The van der Waals surface area contributed by atoms with Crippen molar-refractivity contribution in [1.29, 1.82) is 0 Å². The number of furan rings is 1. The van der Waals surface area contributed by atoms with Gasteiger partial charge in [0.05, 0.1) is 5.56 Å². The minimum atomic E-state index is -1.20. The molecule has 1 unspecified atom stereocenters.